The molecule has 4 N–H and O–H groups in total. The van der Waals surface area contributed by atoms with Gasteiger partial charge in [-0.25, -0.2) is 4.79 Å². The van der Waals surface area contributed by atoms with Crippen LogP contribution in [0.3, 0.4) is 0 Å². The fourth-order valence-electron chi connectivity index (χ4n) is 0.533. The maximum Gasteiger partial charge on any atom is 0.404 e. The van der Waals surface area contributed by atoms with Crippen molar-refractivity contribution < 1.29 is 9.90 Å². The Kier molecular flexibility index (Phi) is 3.79. The molecular weight excluding hydrogens is 120 g/mol. The summed E-state index contributed by atoms with van der Waals surface area (Å²) in [5, 5.41) is 10.4. The molecule has 0 aromatic carbocycles. The van der Waals surface area contributed by atoms with Crippen LogP contribution in [-0.4, -0.2) is 23.8 Å². The highest BCUT2D eigenvalue weighted by Gasteiger charge is 2.01. The van der Waals surface area contributed by atoms with Crippen molar-refractivity contribution in [2.75, 3.05) is 6.54 Å². The van der Waals surface area contributed by atoms with Crippen molar-refractivity contribution in [3.8, 4) is 0 Å². The molecule has 0 aromatic heterocycles. The normalized spacial score (nSPS) is 12.7. The third kappa shape index (κ3) is 5.10. The predicted molar refractivity (Wildman–Crippen MR) is 34.3 cm³/mol. The van der Waals surface area contributed by atoms with Gasteiger partial charge in [0.25, 0.3) is 0 Å². The summed E-state index contributed by atoms with van der Waals surface area (Å²) in [7, 11) is 0. The van der Waals surface area contributed by atoms with E-state index in [-0.39, 0.29) is 6.04 Å². The molecule has 0 aliphatic rings. The van der Waals surface area contributed by atoms with Crippen LogP contribution in [0.4, 0.5) is 4.79 Å². The van der Waals surface area contributed by atoms with Gasteiger partial charge in [0.1, 0.15) is 0 Å². The lowest BCUT2D eigenvalue weighted by Crippen LogP contribution is -2.32. The van der Waals surface area contributed by atoms with E-state index in [0.717, 1.165) is 0 Å². The van der Waals surface area contributed by atoms with Gasteiger partial charge in [-0.2, -0.15) is 0 Å². The average molecular weight is 132 g/mol. The standard InChI is InChI=1S/C5H12N2O2/c1-4(2-3-6)7-5(8)9/h4,7H,2-3,6H2,1H3,(H,8,9)/t4-/m0/s1. The smallest absolute Gasteiger partial charge is 0.404 e. The van der Waals surface area contributed by atoms with Crippen molar-refractivity contribution in [1.29, 1.82) is 0 Å². The van der Waals surface area contributed by atoms with Gasteiger partial charge >= 0.3 is 6.09 Å². The predicted octanol–water partition coefficient (Wildman–Crippen LogP) is -0.00870. The summed E-state index contributed by atoms with van der Waals surface area (Å²) >= 11 is 0. The van der Waals surface area contributed by atoms with Crippen LogP contribution in [0.15, 0.2) is 0 Å². The number of nitrogens with two attached hydrogens (primary N) is 1. The largest absolute Gasteiger partial charge is 0.465 e. The summed E-state index contributed by atoms with van der Waals surface area (Å²) in [6, 6.07) is -0.0347. The number of nitrogens with one attached hydrogen (secondary N) is 1. The van der Waals surface area contributed by atoms with E-state index in [2.05, 4.69) is 5.32 Å². The monoisotopic (exact) mass is 132 g/mol. The van der Waals surface area contributed by atoms with Gasteiger partial charge in [-0.15, -0.1) is 0 Å². The topological polar surface area (TPSA) is 75.3 Å². The van der Waals surface area contributed by atoms with Gasteiger partial charge in [-0.3, -0.25) is 0 Å². The molecule has 4 heteroatoms. The Bertz CT molecular complexity index is 95.0. The lowest BCUT2D eigenvalue weighted by molar-refractivity contribution is 0.190. The molecule has 1 atom stereocenters. The average Bonchev–Trinajstić information content (AvgIpc) is 1.63. The number of amides is 1. The Hall–Kier alpha value is -0.770. The second-order valence-corrected chi connectivity index (χ2v) is 1.93. The Labute approximate surface area is 54.0 Å². The van der Waals surface area contributed by atoms with Crippen molar-refractivity contribution in [3.63, 3.8) is 0 Å². The highest BCUT2D eigenvalue weighted by atomic mass is 16.4. The first kappa shape index (κ1) is 8.23. The van der Waals surface area contributed by atoms with Gasteiger partial charge in [-0.1, -0.05) is 0 Å². The number of hydrogen-bond donors (Lipinski definition) is 3. The van der Waals surface area contributed by atoms with Crippen LogP contribution >= 0.6 is 0 Å². The Morgan fingerprint density at radius 2 is 2.44 bits per heavy atom. The molecule has 0 saturated heterocycles. The molecule has 4 nitrogen and oxygen atoms in total. The fourth-order valence-corrected chi connectivity index (χ4v) is 0.533. The van der Waals surface area contributed by atoms with Crippen molar-refractivity contribution >= 4 is 6.09 Å². The first-order valence-electron chi connectivity index (χ1n) is 2.86. The molecule has 9 heavy (non-hydrogen) atoms. The first-order valence-corrected chi connectivity index (χ1v) is 2.86. The fraction of sp³-hybridized carbons (Fsp3) is 0.800. The van der Waals surface area contributed by atoms with Crippen molar-refractivity contribution in [2.24, 2.45) is 5.73 Å². The van der Waals surface area contributed by atoms with Gasteiger partial charge in [0, 0.05) is 6.04 Å². The van der Waals surface area contributed by atoms with E-state index >= 15 is 0 Å². The summed E-state index contributed by atoms with van der Waals surface area (Å²) in [4.78, 5) is 9.93. The van der Waals surface area contributed by atoms with Gasteiger partial charge < -0.3 is 16.2 Å². The quantitative estimate of drug-likeness (QED) is 0.505. The minimum atomic E-state index is -0.990. The van der Waals surface area contributed by atoms with Crippen molar-refractivity contribution in [1.82, 2.24) is 5.32 Å². The van der Waals surface area contributed by atoms with E-state index in [1.54, 1.807) is 6.92 Å². The van der Waals surface area contributed by atoms with Gasteiger partial charge in [0.05, 0.1) is 0 Å². The van der Waals surface area contributed by atoms with Crippen LogP contribution in [-0.2, 0) is 0 Å². The van der Waals surface area contributed by atoms with Crippen LogP contribution in [0.5, 0.6) is 0 Å². The van der Waals surface area contributed by atoms with E-state index in [0.29, 0.717) is 13.0 Å². The number of carbonyl (C=O) groups is 1. The third-order valence-corrected chi connectivity index (χ3v) is 0.970. The molecule has 0 aliphatic heterocycles. The molecule has 0 radical (unpaired) electrons. The van der Waals surface area contributed by atoms with E-state index in [4.69, 9.17) is 10.8 Å². The molecule has 0 bridgehead atoms. The molecule has 0 saturated carbocycles. The zero-order valence-electron chi connectivity index (χ0n) is 5.42. The van der Waals surface area contributed by atoms with Crippen LogP contribution in [0.1, 0.15) is 13.3 Å². The van der Waals surface area contributed by atoms with Crippen LogP contribution in [0, 0.1) is 0 Å². The van der Waals surface area contributed by atoms with Crippen LogP contribution < -0.4 is 11.1 Å². The lowest BCUT2D eigenvalue weighted by Gasteiger charge is -2.07. The van der Waals surface area contributed by atoms with Crippen molar-refractivity contribution in [3.05, 3.63) is 0 Å². The molecule has 0 heterocycles. The number of hydrogen-bond acceptors (Lipinski definition) is 2. The second-order valence-electron chi connectivity index (χ2n) is 1.93. The van der Waals surface area contributed by atoms with E-state index < -0.39 is 6.09 Å². The molecule has 1 amide bonds. The van der Waals surface area contributed by atoms with Crippen LogP contribution in [0.2, 0.25) is 0 Å². The number of carboxylic acid groups (broad SMARTS) is 1. The van der Waals surface area contributed by atoms with E-state index in [1.165, 1.54) is 0 Å². The van der Waals surface area contributed by atoms with Gasteiger partial charge in [-0.05, 0) is 19.9 Å². The summed E-state index contributed by atoms with van der Waals surface area (Å²) in [6.45, 7) is 2.29. The van der Waals surface area contributed by atoms with Crippen LogP contribution in [0.25, 0.3) is 0 Å². The summed E-state index contributed by atoms with van der Waals surface area (Å²) in [5.41, 5.74) is 5.17. The Morgan fingerprint density at radius 1 is 1.89 bits per heavy atom. The summed E-state index contributed by atoms with van der Waals surface area (Å²) in [5.74, 6) is 0. The minimum absolute atomic E-state index is 0.0347. The molecule has 0 aliphatic carbocycles. The highest BCUT2D eigenvalue weighted by molar-refractivity contribution is 5.64. The van der Waals surface area contributed by atoms with Crippen molar-refractivity contribution in [2.45, 2.75) is 19.4 Å². The Morgan fingerprint density at radius 3 is 2.78 bits per heavy atom. The highest BCUT2D eigenvalue weighted by Crippen LogP contribution is 1.85. The second kappa shape index (κ2) is 4.14. The zero-order valence-corrected chi connectivity index (χ0v) is 5.42. The molecular formula is C5H12N2O2. The molecule has 0 rings (SSSR count). The van der Waals surface area contributed by atoms with E-state index in [1.807, 2.05) is 0 Å². The summed E-state index contributed by atoms with van der Waals surface area (Å²) in [6.07, 6.45) is -0.303. The van der Waals surface area contributed by atoms with Gasteiger partial charge in [0.2, 0.25) is 0 Å². The molecule has 0 spiro atoms. The molecule has 54 valence electrons. The first-order chi connectivity index (χ1) is 4.16. The third-order valence-electron chi connectivity index (χ3n) is 0.970. The van der Waals surface area contributed by atoms with E-state index in [9.17, 15) is 4.79 Å². The molecule has 0 unspecified atom stereocenters. The van der Waals surface area contributed by atoms with Gasteiger partial charge in [0.15, 0.2) is 0 Å². The minimum Gasteiger partial charge on any atom is -0.465 e. The number of rotatable bonds is 3. The molecule has 0 aromatic rings. The molecule has 0 fully saturated rings. The SMILES string of the molecule is C[C@@H](CCN)NC(=O)O. The lowest BCUT2D eigenvalue weighted by atomic mass is 10.2. The Balaban J connectivity index is 3.26. The maximum atomic E-state index is 9.93. The zero-order chi connectivity index (χ0) is 7.28. The maximum absolute atomic E-state index is 9.93. The summed E-state index contributed by atoms with van der Waals surface area (Å²) < 4.78 is 0.